The summed E-state index contributed by atoms with van der Waals surface area (Å²) in [4.78, 5) is 15.5. The molecule has 1 aromatic carbocycles. The molecule has 0 amide bonds. The van der Waals surface area contributed by atoms with E-state index in [1.165, 1.54) is 13.8 Å². The van der Waals surface area contributed by atoms with E-state index in [2.05, 4.69) is 22.4 Å². The summed E-state index contributed by atoms with van der Waals surface area (Å²) < 4.78 is 5.37. The Labute approximate surface area is 111 Å². The molecule has 1 aromatic rings. The molecule has 0 unspecified atom stereocenters. The average Bonchev–Trinajstić information content (AvgIpc) is 2.33. The molecule has 0 aliphatic heterocycles. The van der Waals surface area contributed by atoms with Gasteiger partial charge in [-0.1, -0.05) is 0 Å². The maximum atomic E-state index is 11.8. The first-order valence-corrected chi connectivity index (χ1v) is 5.89. The summed E-state index contributed by atoms with van der Waals surface area (Å²) in [6.45, 7) is 3.78. The van der Waals surface area contributed by atoms with Crippen molar-refractivity contribution in [3.05, 3.63) is 29.8 Å². The number of carbonyl (C=O) groups excluding carboxylic acids is 1. The lowest BCUT2D eigenvalue weighted by Crippen LogP contribution is -2.30. The zero-order chi connectivity index (χ0) is 13.6. The molecule has 5 heteroatoms. The number of nitrogens with zero attached hydrogens (tertiary/aromatic N) is 1. The zero-order valence-corrected chi connectivity index (χ0v) is 11.2. The van der Waals surface area contributed by atoms with E-state index in [4.69, 9.17) is 4.74 Å². The van der Waals surface area contributed by atoms with Gasteiger partial charge in [-0.15, -0.1) is 0 Å². The van der Waals surface area contributed by atoms with Crippen LogP contribution >= 0.6 is 12.2 Å². The molecule has 0 spiro atoms. The Balaban J connectivity index is 2.63. The molecule has 0 aromatic heterocycles. The summed E-state index contributed by atoms with van der Waals surface area (Å²) in [6, 6.07) is 6.61. The van der Waals surface area contributed by atoms with Crippen molar-refractivity contribution in [2.75, 3.05) is 13.2 Å². The van der Waals surface area contributed by atoms with Crippen molar-refractivity contribution in [2.45, 2.75) is 19.4 Å². The minimum atomic E-state index is -1.36. The molecule has 0 saturated carbocycles. The van der Waals surface area contributed by atoms with Gasteiger partial charge in [0.1, 0.15) is 18.0 Å². The molecule has 4 nitrogen and oxygen atoms in total. The van der Waals surface area contributed by atoms with Crippen molar-refractivity contribution in [3.63, 3.8) is 0 Å². The van der Waals surface area contributed by atoms with Crippen LogP contribution in [0, 0.1) is 0 Å². The average molecular weight is 265 g/mol. The molecular weight excluding hydrogens is 250 g/mol. The smallest absolute Gasteiger partial charge is 0.193 e. The minimum Gasteiger partial charge on any atom is -0.492 e. The fourth-order valence-corrected chi connectivity index (χ4v) is 1.40. The fraction of sp³-hybridized carbons (Fsp3) is 0.385. The Morgan fingerprint density at radius 1 is 1.44 bits per heavy atom. The first-order chi connectivity index (χ1) is 8.45. The van der Waals surface area contributed by atoms with E-state index in [1.54, 1.807) is 24.3 Å². The summed E-state index contributed by atoms with van der Waals surface area (Å²) in [5.74, 6) is 0.321. The van der Waals surface area contributed by atoms with Crippen LogP contribution in [0.3, 0.4) is 0 Å². The quantitative estimate of drug-likeness (QED) is 0.370. The number of benzene rings is 1. The molecule has 0 aliphatic carbocycles. The maximum Gasteiger partial charge on any atom is 0.193 e. The summed E-state index contributed by atoms with van der Waals surface area (Å²) in [5, 5.41) is 11.8. The van der Waals surface area contributed by atoms with Crippen LogP contribution in [0.15, 0.2) is 29.3 Å². The number of hydrogen-bond acceptors (Lipinski definition) is 5. The van der Waals surface area contributed by atoms with Gasteiger partial charge >= 0.3 is 0 Å². The number of isothiocyanates is 1. The predicted octanol–water partition coefficient (Wildman–Crippen LogP) is 2.12. The van der Waals surface area contributed by atoms with Crippen molar-refractivity contribution < 1.29 is 14.6 Å². The highest BCUT2D eigenvalue weighted by Gasteiger charge is 2.24. The molecule has 0 fully saturated rings. The highest BCUT2D eigenvalue weighted by atomic mass is 32.1. The third-order valence-corrected chi connectivity index (χ3v) is 2.34. The molecule has 0 radical (unpaired) electrons. The van der Waals surface area contributed by atoms with Gasteiger partial charge in [0, 0.05) is 5.56 Å². The highest BCUT2D eigenvalue weighted by molar-refractivity contribution is 7.78. The van der Waals surface area contributed by atoms with Crippen molar-refractivity contribution in [2.24, 2.45) is 4.99 Å². The number of rotatable bonds is 6. The van der Waals surface area contributed by atoms with Crippen LogP contribution in [0.4, 0.5) is 0 Å². The second kappa shape index (κ2) is 6.40. The largest absolute Gasteiger partial charge is 0.492 e. The van der Waals surface area contributed by atoms with Gasteiger partial charge in [-0.3, -0.25) is 4.79 Å². The van der Waals surface area contributed by atoms with Crippen LogP contribution in [0.1, 0.15) is 24.2 Å². The number of ketones is 1. The van der Waals surface area contributed by atoms with Crippen molar-refractivity contribution in [1.82, 2.24) is 0 Å². The number of aliphatic hydroxyl groups is 1. The SMILES string of the molecule is CC(C)(O)C(=O)c1ccc(OCCN=C=S)cc1. The van der Waals surface area contributed by atoms with Crippen LogP contribution in [0.25, 0.3) is 0 Å². The normalized spacial score (nSPS) is 10.6. The monoisotopic (exact) mass is 265 g/mol. The van der Waals surface area contributed by atoms with E-state index in [1.807, 2.05) is 0 Å². The molecule has 0 bridgehead atoms. The van der Waals surface area contributed by atoms with Crippen LogP contribution in [-0.2, 0) is 0 Å². The first-order valence-electron chi connectivity index (χ1n) is 5.49. The number of carbonyl (C=O) groups is 1. The molecule has 1 N–H and O–H groups in total. The van der Waals surface area contributed by atoms with E-state index < -0.39 is 5.60 Å². The van der Waals surface area contributed by atoms with Gasteiger partial charge in [0.2, 0.25) is 0 Å². The van der Waals surface area contributed by atoms with E-state index in [0.29, 0.717) is 24.5 Å². The lowest BCUT2D eigenvalue weighted by molar-refractivity contribution is 0.0488. The molecular formula is C13H15NO3S. The van der Waals surface area contributed by atoms with Gasteiger partial charge in [-0.25, -0.2) is 4.99 Å². The Morgan fingerprint density at radius 3 is 2.56 bits per heavy atom. The number of aliphatic imine (C=N–C) groups is 1. The van der Waals surface area contributed by atoms with Crippen molar-refractivity contribution in [3.8, 4) is 5.75 Å². The zero-order valence-electron chi connectivity index (χ0n) is 10.3. The van der Waals surface area contributed by atoms with E-state index in [0.717, 1.165) is 0 Å². The molecule has 18 heavy (non-hydrogen) atoms. The van der Waals surface area contributed by atoms with Gasteiger partial charge < -0.3 is 9.84 Å². The fourth-order valence-electron chi connectivity index (χ4n) is 1.31. The summed E-state index contributed by atoms with van der Waals surface area (Å²) in [7, 11) is 0. The summed E-state index contributed by atoms with van der Waals surface area (Å²) >= 11 is 4.43. The van der Waals surface area contributed by atoms with Gasteiger partial charge in [0.15, 0.2) is 5.78 Å². The Hall–Kier alpha value is -1.55. The number of thiocarbonyl (C=S) groups is 1. The number of Topliss-reactive ketones (excluding diaryl/α,β-unsaturated/α-hetero) is 1. The third kappa shape index (κ3) is 4.37. The van der Waals surface area contributed by atoms with Crippen molar-refractivity contribution >= 4 is 23.2 Å². The maximum absolute atomic E-state index is 11.8. The van der Waals surface area contributed by atoms with Gasteiger partial charge in [-0.05, 0) is 50.3 Å². The first kappa shape index (κ1) is 14.5. The lowest BCUT2D eigenvalue weighted by atomic mass is 9.97. The molecule has 1 rings (SSSR count). The van der Waals surface area contributed by atoms with Crippen LogP contribution in [0.2, 0.25) is 0 Å². The number of hydrogen-bond donors (Lipinski definition) is 1. The molecule has 96 valence electrons. The molecule has 0 saturated heterocycles. The second-order valence-corrected chi connectivity index (χ2v) is 4.42. The standard InChI is InChI=1S/C13H15NO3S/c1-13(2,16)12(15)10-3-5-11(6-4-10)17-8-7-14-9-18/h3-6,16H,7-8H2,1-2H3. The minimum absolute atomic E-state index is 0.320. The third-order valence-electron chi connectivity index (χ3n) is 2.21. The molecule has 0 heterocycles. The summed E-state index contributed by atoms with van der Waals surface area (Å²) in [5.41, 5.74) is -0.914. The number of ether oxygens (including phenoxy) is 1. The Bertz CT molecular complexity index is 456. The van der Waals surface area contributed by atoms with E-state index >= 15 is 0 Å². The predicted molar refractivity (Wildman–Crippen MR) is 72.5 cm³/mol. The van der Waals surface area contributed by atoms with Crippen LogP contribution in [-0.4, -0.2) is 34.8 Å². The summed E-state index contributed by atoms with van der Waals surface area (Å²) in [6.07, 6.45) is 0. The van der Waals surface area contributed by atoms with E-state index in [9.17, 15) is 9.90 Å². The Kier molecular flexibility index (Phi) is 5.16. The van der Waals surface area contributed by atoms with E-state index in [-0.39, 0.29) is 5.78 Å². The second-order valence-electron chi connectivity index (χ2n) is 4.23. The van der Waals surface area contributed by atoms with Gasteiger partial charge in [0.25, 0.3) is 0 Å². The van der Waals surface area contributed by atoms with Crippen LogP contribution in [0.5, 0.6) is 5.75 Å². The van der Waals surface area contributed by atoms with Crippen LogP contribution < -0.4 is 4.74 Å². The van der Waals surface area contributed by atoms with Crippen molar-refractivity contribution in [1.29, 1.82) is 0 Å². The lowest BCUT2D eigenvalue weighted by Gasteiger charge is -2.15. The topological polar surface area (TPSA) is 58.9 Å². The van der Waals surface area contributed by atoms with Gasteiger partial charge in [-0.2, -0.15) is 0 Å². The highest BCUT2D eigenvalue weighted by Crippen LogP contribution is 2.16. The van der Waals surface area contributed by atoms with Gasteiger partial charge in [0.05, 0.1) is 11.7 Å². The Morgan fingerprint density at radius 2 is 2.06 bits per heavy atom. The molecule has 0 aliphatic rings. The molecule has 0 atom stereocenters.